The van der Waals surface area contributed by atoms with Gasteiger partial charge in [0.15, 0.2) is 0 Å². The molecule has 1 saturated heterocycles. The number of amides is 2. The van der Waals surface area contributed by atoms with E-state index in [2.05, 4.69) is 15.7 Å². The number of urea groups is 1. The van der Waals surface area contributed by atoms with E-state index in [4.69, 9.17) is 4.74 Å². The monoisotopic (exact) mass is 238 g/mol. The van der Waals surface area contributed by atoms with Crippen LogP contribution in [0.2, 0.25) is 0 Å². The summed E-state index contributed by atoms with van der Waals surface area (Å²) in [5.74, 6) is 0. The van der Waals surface area contributed by atoms with Crippen molar-refractivity contribution in [2.24, 2.45) is 7.05 Å². The molecular formula is C11H18N4O2. The van der Waals surface area contributed by atoms with Crippen LogP contribution in [0.3, 0.4) is 0 Å². The molecule has 0 spiro atoms. The van der Waals surface area contributed by atoms with Crippen LogP contribution in [0, 0.1) is 6.92 Å². The van der Waals surface area contributed by atoms with E-state index in [0.29, 0.717) is 6.54 Å². The van der Waals surface area contributed by atoms with Crippen LogP contribution in [0.15, 0.2) is 6.20 Å². The van der Waals surface area contributed by atoms with E-state index in [1.807, 2.05) is 14.0 Å². The molecule has 0 aromatic carbocycles. The van der Waals surface area contributed by atoms with E-state index in [1.54, 1.807) is 10.9 Å². The molecule has 0 radical (unpaired) electrons. The third kappa shape index (κ3) is 3.20. The summed E-state index contributed by atoms with van der Waals surface area (Å²) in [5, 5.41) is 9.71. The molecule has 6 nitrogen and oxygen atoms in total. The van der Waals surface area contributed by atoms with Crippen molar-refractivity contribution >= 4 is 11.7 Å². The van der Waals surface area contributed by atoms with Crippen molar-refractivity contribution in [1.29, 1.82) is 0 Å². The molecule has 2 rings (SSSR count). The Bertz CT molecular complexity index is 396. The molecule has 0 unspecified atom stereocenters. The molecule has 1 aliphatic heterocycles. The van der Waals surface area contributed by atoms with Crippen molar-refractivity contribution in [3.8, 4) is 0 Å². The number of rotatable bonds is 3. The van der Waals surface area contributed by atoms with E-state index < -0.39 is 0 Å². The predicted octanol–water partition coefficient (Wildman–Crippen LogP) is 1.03. The number of aryl methyl sites for hydroxylation is 2. The smallest absolute Gasteiger partial charge is 0.319 e. The number of hydrogen-bond donors (Lipinski definition) is 2. The zero-order valence-electron chi connectivity index (χ0n) is 10.2. The second kappa shape index (κ2) is 5.18. The Labute approximate surface area is 100 Å². The average molecular weight is 238 g/mol. The van der Waals surface area contributed by atoms with E-state index >= 15 is 0 Å². The van der Waals surface area contributed by atoms with Gasteiger partial charge < -0.3 is 15.4 Å². The quantitative estimate of drug-likeness (QED) is 0.826. The minimum absolute atomic E-state index is 0.163. The standard InChI is InChI=1S/C11H18N4O2/c1-8-10(7-15(2)14-8)13-11(16)12-6-9-4-3-5-17-9/h7,9H,3-6H2,1-2H3,(H2,12,13,16)/t9-/m1/s1. The highest BCUT2D eigenvalue weighted by atomic mass is 16.5. The zero-order chi connectivity index (χ0) is 12.3. The van der Waals surface area contributed by atoms with Crippen molar-refractivity contribution in [2.45, 2.75) is 25.9 Å². The molecule has 6 heteroatoms. The highest BCUT2D eigenvalue weighted by molar-refractivity contribution is 5.89. The zero-order valence-corrected chi connectivity index (χ0v) is 10.2. The molecule has 0 aliphatic carbocycles. The van der Waals surface area contributed by atoms with E-state index in [9.17, 15) is 4.79 Å². The van der Waals surface area contributed by atoms with Crippen molar-refractivity contribution in [3.05, 3.63) is 11.9 Å². The number of ether oxygens (including phenoxy) is 1. The Morgan fingerprint density at radius 2 is 2.53 bits per heavy atom. The van der Waals surface area contributed by atoms with Gasteiger partial charge in [0.2, 0.25) is 0 Å². The van der Waals surface area contributed by atoms with Crippen LogP contribution in [0.25, 0.3) is 0 Å². The minimum atomic E-state index is -0.211. The van der Waals surface area contributed by atoms with Crippen molar-refractivity contribution in [1.82, 2.24) is 15.1 Å². The first-order chi connectivity index (χ1) is 8.15. The lowest BCUT2D eigenvalue weighted by Gasteiger charge is -2.11. The van der Waals surface area contributed by atoms with Crippen LogP contribution in [0.1, 0.15) is 18.5 Å². The summed E-state index contributed by atoms with van der Waals surface area (Å²) in [4.78, 5) is 11.6. The normalized spacial score (nSPS) is 19.3. The Morgan fingerprint density at radius 3 is 3.12 bits per heavy atom. The first kappa shape index (κ1) is 11.9. The Kier molecular flexibility index (Phi) is 3.63. The Morgan fingerprint density at radius 1 is 1.71 bits per heavy atom. The molecule has 2 amide bonds. The number of carbonyl (C=O) groups excluding carboxylic acids is 1. The number of nitrogens with one attached hydrogen (secondary N) is 2. The summed E-state index contributed by atoms with van der Waals surface area (Å²) in [6.45, 7) is 3.22. The van der Waals surface area contributed by atoms with Gasteiger partial charge in [-0.25, -0.2) is 4.79 Å². The van der Waals surface area contributed by atoms with Gasteiger partial charge in [-0.2, -0.15) is 5.10 Å². The fourth-order valence-corrected chi connectivity index (χ4v) is 1.90. The lowest BCUT2D eigenvalue weighted by molar-refractivity contribution is 0.112. The number of anilines is 1. The molecular weight excluding hydrogens is 220 g/mol. The van der Waals surface area contributed by atoms with Gasteiger partial charge in [0.05, 0.1) is 17.5 Å². The molecule has 2 N–H and O–H groups in total. The van der Waals surface area contributed by atoms with Crippen LogP contribution in [-0.2, 0) is 11.8 Å². The lowest BCUT2D eigenvalue weighted by Crippen LogP contribution is -2.35. The molecule has 1 aromatic rings. The van der Waals surface area contributed by atoms with Gasteiger partial charge in [-0.15, -0.1) is 0 Å². The van der Waals surface area contributed by atoms with Crippen LogP contribution >= 0.6 is 0 Å². The third-order valence-corrected chi connectivity index (χ3v) is 2.78. The molecule has 1 fully saturated rings. The Hall–Kier alpha value is -1.56. The minimum Gasteiger partial charge on any atom is -0.376 e. The average Bonchev–Trinajstić information content (AvgIpc) is 2.87. The number of hydrogen-bond acceptors (Lipinski definition) is 3. The summed E-state index contributed by atoms with van der Waals surface area (Å²) in [6, 6.07) is -0.211. The summed E-state index contributed by atoms with van der Waals surface area (Å²) in [5.41, 5.74) is 1.54. The molecule has 2 heterocycles. The van der Waals surface area contributed by atoms with E-state index in [1.165, 1.54) is 0 Å². The van der Waals surface area contributed by atoms with Crippen molar-refractivity contribution < 1.29 is 9.53 Å². The summed E-state index contributed by atoms with van der Waals surface area (Å²) >= 11 is 0. The van der Waals surface area contributed by atoms with Gasteiger partial charge in [0.25, 0.3) is 0 Å². The SMILES string of the molecule is Cc1nn(C)cc1NC(=O)NC[C@H]1CCCO1. The summed E-state index contributed by atoms with van der Waals surface area (Å²) in [6.07, 6.45) is 4.04. The maximum Gasteiger partial charge on any atom is 0.319 e. The maximum absolute atomic E-state index is 11.6. The number of aromatic nitrogens is 2. The number of nitrogens with zero attached hydrogens (tertiary/aromatic N) is 2. The molecule has 94 valence electrons. The fourth-order valence-electron chi connectivity index (χ4n) is 1.90. The number of carbonyl (C=O) groups is 1. The van der Waals surface area contributed by atoms with Gasteiger partial charge in [-0.3, -0.25) is 4.68 Å². The largest absolute Gasteiger partial charge is 0.376 e. The second-order valence-corrected chi connectivity index (χ2v) is 4.27. The fraction of sp³-hybridized carbons (Fsp3) is 0.636. The maximum atomic E-state index is 11.6. The van der Waals surface area contributed by atoms with Crippen LogP contribution < -0.4 is 10.6 Å². The lowest BCUT2D eigenvalue weighted by atomic mass is 10.2. The third-order valence-electron chi connectivity index (χ3n) is 2.78. The van der Waals surface area contributed by atoms with Gasteiger partial charge in [-0.05, 0) is 19.8 Å². The van der Waals surface area contributed by atoms with Gasteiger partial charge in [-0.1, -0.05) is 0 Å². The predicted molar refractivity (Wildman–Crippen MR) is 63.9 cm³/mol. The second-order valence-electron chi connectivity index (χ2n) is 4.27. The molecule has 17 heavy (non-hydrogen) atoms. The molecule has 0 saturated carbocycles. The van der Waals surface area contributed by atoms with E-state index in [0.717, 1.165) is 30.8 Å². The highest BCUT2D eigenvalue weighted by Crippen LogP contribution is 2.12. The van der Waals surface area contributed by atoms with Crippen LogP contribution in [-0.4, -0.2) is 35.1 Å². The molecule has 0 bridgehead atoms. The summed E-state index contributed by atoms with van der Waals surface area (Å²) < 4.78 is 7.09. The van der Waals surface area contributed by atoms with Gasteiger partial charge in [0, 0.05) is 26.4 Å². The van der Waals surface area contributed by atoms with Crippen molar-refractivity contribution in [3.63, 3.8) is 0 Å². The Balaban J connectivity index is 1.78. The molecule has 1 aliphatic rings. The summed E-state index contributed by atoms with van der Waals surface area (Å²) in [7, 11) is 1.82. The van der Waals surface area contributed by atoms with Gasteiger partial charge in [0.1, 0.15) is 0 Å². The van der Waals surface area contributed by atoms with Crippen molar-refractivity contribution in [2.75, 3.05) is 18.5 Å². The van der Waals surface area contributed by atoms with Crippen LogP contribution in [0.4, 0.5) is 10.5 Å². The van der Waals surface area contributed by atoms with Gasteiger partial charge >= 0.3 is 6.03 Å². The topological polar surface area (TPSA) is 68.2 Å². The van der Waals surface area contributed by atoms with Crippen LogP contribution in [0.5, 0.6) is 0 Å². The first-order valence-corrected chi connectivity index (χ1v) is 5.82. The van der Waals surface area contributed by atoms with E-state index in [-0.39, 0.29) is 12.1 Å². The first-order valence-electron chi connectivity index (χ1n) is 5.82. The molecule has 1 aromatic heterocycles. The highest BCUT2D eigenvalue weighted by Gasteiger charge is 2.16. The molecule has 1 atom stereocenters.